The fraction of sp³-hybridized carbons (Fsp3) is 0.538. The van der Waals surface area contributed by atoms with Crippen molar-refractivity contribution in [2.24, 2.45) is 5.92 Å². The van der Waals surface area contributed by atoms with Crippen LogP contribution in [0.3, 0.4) is 0 Å². The highest BCUT2D eigenvalue weighted by atomic mass is 19.2. The third-order valence-corrected chi connectivity index (χ3v) is 3.35. The minimum absolute atomic E-state index is 0.221. The fourth-order valence-electron chi connectivity index (χ4n) is 2.44. The molecule has 0 aliphatic carbocycles. The quantitative estimate of drug-likeness (QED) is 0.832. The summed E-state index contributed by atoms with van der Waals surface area (Å²) in [6, 6.07) is 1.57. The number of likely N-dealkylation sites (tertiary alicyclic amines) is 1. The number of hydrogen-bond acceptors (Lipinski definition) is 2. The first-order valence-electron chi connectivity index (χ1n) is 6.10. The van der Waals surface area contributed by atoms with Crippen molar-refractivity contribution in [3.8, 4) is 0 Å². The molecule has 1 aliphatic rings. The number of rotatable bonds is 4. The lowest BCUT2D eigenvalue weighted by atomic mass is 10.1. The van der Waals surface area contributed by atoms with Crippen LogP contribution in [-0.2, 0) is 6.54 Å². The molecule has 18 heavy (non-hydrogen) atoms. The van der Waals surface area contributed by atoms with Gasteiger partial charge in [0.2, 0.25) is 0 Å². The van der Waals surface area contributed by atoms with Crippen LogP contribution in [-0.4, -0.2) is 31.6 Å². The zero-order valence-corrected chi connectivity index (χ0v) is 10.3. The Morgan fingerprint density at radius 3 is 2.67 bits per heavy atom. The third kappa shape index (κ3) is 3.03. The first-order valence-corrected chi connectivity index (χ1v) is 6.10. The molecule has 0 amide bonds. The van der Waals surface area contributed by atoms with Crippen molar-refractivity contribution in [3.05, 3.63) is 35.1 Å². The maximum absolute atomic E-state index is 13.5. The fourth-order valence-corrected chi connectivity index (χ4v) is 2.44. The topological polar surface area (TPSA) is 15.3 Å². The van der Waals surface area contributed by atoms with Gasteiger partial charge in [0.1, 0.15) is 5.82 Å². The van der Waals surface area contributed by atoms with E-state index in [0.717, 1.165) is 32.1 Å². The summed E-state index contributed by atoms with van der Waals surface area (Å²) in [6.45, 7) is 2.99. The van der Waals surface area contributed by atoms with Gasteiger partial charge in [-0.05, 0) is 38.5 Å². The van der Waals surface area contributed by atoms with Gasteiger partial charge in [-0.1, -0.05) is 0 Å². The second-order valence-electron chi connectivity index (χ2n) is 4.81. The van der Waals surface area contributed by atoms with E-state index in [1.807, 2.05) is 7.05 Å². The van der Waals surface area contributed by atoms with Crippen molar-refractivity contribution in [1.82, 2.24) is 10.2 Å². The van der Waals surface area contributed by atoms with E-state index in [1.165, 1.54) is 0 Å². The van der Waals surface area contributed by atoms with Gasteiger partial charge in [-0.3, -0.25) is 4.90 Å². The minimum Gasteiger partial charge on any atom is -0.319 e. The molecule has 2 rings (SSSR count). The SMILES string of the molecule is CNCC1CCN(Cc2cc(F)c(F)cc2F)C1. The van der Waals surface area contributed by atoms with Gasteiger partial charge in [0, 0.05) is 24.7 Å². The van der Waals surface area contributed by atoms with Crippen molar-refractivity contribution in [3.63, 3.8) is 0 Å². The number of nitrogens with zero attached hydrogens (tertiary/aromatic N) is 1. The van der Waals surface area contributed by atoms with Crippen molar-refractivity contribution >= 4 is 0 Å². The average Bonchev–Trinajstić information content (AvgIpc) is 2.74. The second kappa shape index (κ2) is 5.71. The standard InChI is InChI=1S/C13H17F3N2/c1-17-6-9-2-3-18(7-9)8-10-4-12(15)13(16)5-11(10)14/h4-5,9,17H,2-3,6-8H2,1H3. The Balaban J connectivity index is 2.00. The molecule has 1 aromatic carbocycles. The Kier molecular flexibility index (Phi) is 4.24. The van der Waals surface area contributed by atoms with Gasteiger partial charge in [0.15, 0.2) is 11.6 Å². The molecule has 1 saturated heterocycles. The third-order valence-electron chi connectivity index (χ3n) is 3.35. The molecule has 0 spiro atoms. The summed E-state index contributed by atoms with van der Waals surface area (Å²) >= 11 is 0. The van der Waals surface area contributed by atoms with Crippen molar-refractivity contribution in [2.75, 3.05) is 26.7 Å². The van der Waals surface area contributed by atoms with Crippen LogP contribution in [0.5, 0.6) is 0 Å². The van der Waals surface area contributed by atoms with Gasteiger partial charge in [-0.2, -0.15) is 0 Å². The minimum atomic E-state index is -1.13. The molecular formula is C13H17F3N2. The highest BCUT2D eigenvalue weighted by molar-refractivity contribution is 5.20. The number of hydrogen-bond donors (Lipinski definition) is 1. The van der Waals surface area contributed by atoms with Crippen LogP contribution in [0.25, 0.3) is 0 Å². The molecule has 100 valence electrons. The largest absolute Gasteiger partial charge is 0.319 e. The van der Waals surface area contributed by atoms with E-state index in [4.69, 9.17) is 0 Å². The second-order valence-corrected chi connectivity index (χ2v) is 4.81. The van der Waals surface area contributed by atoms with Crippen molar-refractivity contribution < 1.29 is 13.2 Å². The van der Waals surface area contributed by atoms with Crippen LogP contribution in [0.4, 0.5) is 13.2 Å². The summed E-state index contributed by atoms with van der Waals surface area (Å²) < 4.78 is 39.3. The Bertz CT molecular complexity index is 423. The molecule has 2 nitrogen and oxygen atoms in total. The summed E-state index contributed by atoms with van der Waals surface area (Å²) in [7, 11) is 1.90. The van der Waals surface area contributed by atoms with Gasteiger partial charge in [0.05, 0.1) is 0 Å². The van der Waals surface area contributed by atoms with Crippen LogP contribution in [0, 0.1) is 23.4 Å². The number of benzene rings is 1. The Labute approximate surface area is 105 Å². The predicted octanol–water partition coefficient (Wildman–Crippen LogP) is 2.15. The van der Waals surface area contributed by atoms with Gasteiger partial charge in [0.25, 0.3) is 0 Å². The predicted molar refractivity (Wildman–Crippen MR) is 63.6 cm³/mol. The lowest BCUT2D eigenvalue weighted by Gasteiger charge is -2.16. The zero-order chi connectivity index (χ0) is 13.1. The average molecular weight is 258 g/mol. The Morgan fingerprint density at radius 1 is 1.22 bits per heavy atom. The monoisotopic (exact) mass is 258 g/mol. The molecule has 5 heteroatoms. The molecule has 1 N–H and O–H groups in total. The first-order chi connectivity index (χ1) is 8.60. The van der Waals surface area contributed by atoms with Crippen molar-refractivity contribution in [1.29, 1.82) is 0 Å². The summed E-state index contributed by atoms with van der Waals surface area (Å²) in [6.07, 6.45) is 1.05. The van der Waals surface area contributed by atoms with Gasteiger partial charge >= 0.3 is 0 Å². The molecule has 0 saturated carbocycles. The van der Waals surface area contributed by atoms with Crippen LogP contribution in [0.2, 0.25) is 0 Å². The van der Waals surface area contributed by atoms with E-state index >= 15 is 0 Å². The first kappa shape index (κ1) is 13.4. The van der Waals surface area contributed by atoms with E-state index in [0.29, 0.717) is 18.5 Å². The summed E-state index contributed by atoms with van der Waals surface area (Å²) in [5.74, 6) is -2.25. The van der Waals surface area contributed by atoms with E-state index in [2.05, 4.69) is 10.2 Å². The van der Waals surface area contributed by atoms with Crippen LogP contribution in [0.15, 0.2) is 12.1 Å². The molecule has 1 aromatic rings. The Hall–Kier alpha value is -1.07. The molecule has 0 radical (unpaired) electrons. The lowest BCUT2D eigenvalue weighted by molar-refractivity contribution is 0.309. The molecule has 0 aromatic heterocycles. The summed E-state index contributed by atoms with van der Waals surface area (Å²) in [5, 5.41) is 3.11. The molecule has 1 fully saturated rings. The zero-order valence-electron chi connectivity index (χ0n) is 10.3. The van der Waals surface area contributed by atoms with E-state index in [9.17, 15) is 13.2 Å². The smallest absolute Gasteiger partial charge is 0.161 e. The van der Waals surface area contributed by atoms with E-state index < -0.39 is 17.5 Å². The highest BCUT2D eigenvalue weighted by Gasteiger charge is 2.23. The summed E-state index contributed by atoms with van der Waals surface area (Å²) in [4.78, 5) is 2.07. The summed E-state index contributed by atoms with van der Waals surface area (Å²) in [5.41, 5.74) is 0.221. The van der Waals surface area contributed by atoms with Crippen LogP contribution in [0.1, 0.15) is 12.0 Å². The van der Waals surface area contributed by atoms with E-state index in [-0.39, 0.29) is 5.56 Å². The van der Waals surface area contributed by atoms with Crippen LogP contribution >= 0.6 is 0 Å². The maximum Gasteiger partial charge on any atom is 0.161 e. The normalized spacial score (nSPS) is 20.6. The van der Waals surface area contributed by atoms with Gasteiger partial charge in [-0.15, -0.1) is 0 Å². The molecular weight excluding hydrogens is 241 g/mol. The molecule has 1 aliphatic heterocycles. The van der Waals surface area contributed by atoms with Crippen molar-refractivity contribution in [2.45, 2.75) is 13.0 Å². The van der Waals surface area contributed by atoms with Crippen LogP contribution < -0.4 is 5.32 Å². The number of nitrogens with one attached hydrogen (secondary N) is 1. The maximum atomic E-state index is 13.5. The Morgan fingerprint density at radius 2 is 1.94 bits per heavy atom. The number of halogens is 3. The van der Waals surface area contributed by atoms with Gasteiger partial charge in [-0.25, -0.2) is 13.2 Å². The molecule has 0 bridgehead atoms. The molecule has 1 heterocycles. The van der Waals surface area contributed by atoms with E-state index in [1.54, 1.807) is 0 Å². The highest BCUT2D eigenvalue weighted by Crippen LogP contribution is 2.21. The van der Waals surface area contributed by atoms with Gasteiger partial charge < -0.3 is 5.32 Å². The molecule has 1 atom stereocenters. The lowest BCUT2D eigenvalue weighted by Crippen LogP contribution is -2.24. The molecule has 1 unspecified atom stereocenters.